The second-order valence-electron chi connectivity index (χ2n) is 5.93. The highest BCUT2D eigenvalue weighted by atomic mass is 16.3. The van der Waals surface area contributed by atoms with Gasteiger partial charge in [0.15, 0.2) is 0 Å². The lowest BCUT2D eigenvalue weighted by Crippen LogP contribution is -2.28. The van der Waals surface area contributed by atoms with Gasteiger partial charge in [0.2, 0.25) is 5.56 Å². The van der Waals surface area contributed by atoms with Crippen molar-refractivity contribution in [1.29, 1.82) is 0 Å². The molecule has 1 aromatic heterocycles. The number of H-pyrrole nitrogens is 1. The molecule has 21 heavy (non-hydrogen) atoms. The first kappa shape index (κ1) is 15.8. The largest absolute Gasteiger partial charge is 0.393 e. The van der Waals surface area contributed by atoms with Crippen molar-refractivity contribution >= 4 is 5.91 Å². The molecule has 0 aromatic carbocycles. The molecule has 2 rings (SSSR count). The van der Waals surface area contributed by atoms with Crippen LogP contribution in [-0.4, -0.2) is 28.6 Å². The van der Waals surface area contributed by atoms with Crippen molar-refractivity contribution in [2.45, 2.75) is 51.6 Å². The zero-order valence-corrected chi connectivity index (χ0v) is 12.5. The number of aliphatic hydroxyl groups is 1. The minimum Gasteiger partial charge on any atom is -0.393 e. The van der Waals surface area contributed by atoms with Gasteiger partial charge in [0.05, 0.1) is 6.10 Å². The van der Waals surface area contributed by atoms with Crippen LogP contribution in [0.5, 0.6) is 0 Å². The summed E-state index contributed by atoms with van der Waals surface area (Å²) in [6.45, 7) is 2.33. The molecule has 0 radical (unpaired) electrons. The monoisotopic (exact) mass is 292 g/mol. The van der Waals surface area contributed by atoms with Crippen molar-refractivity contribution in [3.05, 3.63) is 33.7 Å². The predicted octanol–water partition coefficient (Wildman–Crippen LogP) is 1.74. The highest BCUT2D eigenvalue weighted by molar-refractivity contribution is 5.94. The number of aliphatic hydroxyl groups excluding tert-OH is 1. The van der Waals surface area contributed by atoms with E-state index in [0.717, 1.165) is 32.1 Å². The lowest BCUT2D eigenvalue weighted by Gasteiger charge is -2.27. The normalized spacial score (nSPS) is 22.0. The fourth-order valence-electron chi connectivity index (χ4n) is 3.01. The van der Waals surface area contributed by atoms with Gasteiger partial charge in [-0.2, -0.15) is 0 Å². The molecule has 1 aliphatic rings. The molecule has 0 saturated heterocycles. The SMILES string of the molecule is Cc1cc(C(=O)NCCCC2CCCCC2O)cc(=O)[nH]1. The summed E-state index contributed by atoms with van der Waals surface area (Å²) in [6, 6.07) is 2.98. The molecule has 116 valence electrons. The first-order valence-corrected chi connectivity index (χ1v) is 7.73. The molecule has 2 atom stereocenters. The van der Waals surface area contributed by atoms with E-state index in [-0.39, 0.29) is 17.6 Å². The minimum absolute atomic E-state index is 0.176. The van der Waals surface area contributed by atoms with Gasteiger partial charge in [-0.3, -0.25) is 9.59 Å². The molecule has 1 aliphatic carbocycles. The maximum Gasteiger partial charge on any atom is 0.251 e. The van der Waals surface area contributed by atoms with Crippen LogP contribution in [0.4, 0.5) is 0 Å². The molecule has 5 nitrogen and oxygen atoms in total. The summed E-state index contributed by atoms with van der Waals surface area (Å²) >= 11 is 0. The topological polar surface area (TPSA) is 82.2 Å². The first-order chi connectivity index (χ1) is 10.1. The Morgan fingerprint density at radius 2 is 2.14 bits per heavy atom. The molecule has 2 unspecified atom stereocenters. The molecule has 5 heteroatoms. The number of nitrogens with one attached hydrogen (secondary N) is 2. The smallest absolute Gasteiger partial charge is 0.251 e. The average molecular weight is 292 g/mol. The van der Waals surface area contributed by atoms with E-state index in [1.165, 1.54) is 12.5 Å². The van der Waals surface area contributed by atoms with E-state index >= 15 is 0 Å². The van der Waals surface area contributed by atoms with Crippen LogP contribution in [0.2, 0.25) is 0 Å². The number of carbonyl (C=O) groups is 1. The average Bonchev–Trinajstić information content (AvgIpc) is 2.44. The van der Waals surface area contributed by atoms with E-state index in [4.69, 9.17) is 0 Å². The Labute approximate surface area is 124 Å². The third-order valence-corrected chi connectivity index (χ3v) is 4.15. The van der Waals surface area contributed by atoms with Crippen LogP contribution >= 0.6 is 0 Å². The lowest BCUT2D eigenvalue weighted by molar-refractivity contribution is 0.0641. The fourth-order valence-corrected chi connectivity index (χ4v) is 3.01. The van der Waals surface area contributed by atoms with Crippen molar-refractivity contribution in [2.24, 2.45) is 5.92 Å². The summed E-state index contributed by atoms with van der Waals surface area (Å²) in [5.74, 6) is 0.158. The number of aromatic nitrogens is 1. The van der Waals surface area contributed by atoms with E-state index in [9.17, 15) is 14.7 Å². The Bertz CT molecular complexity index is 539. The van der Waals surface area contributed by atoms with Gasteiger partial charge in [-0.1, -0.05) is 12.8 Å². The summed E-state index contributed by atoms with van der Waals surface area (Å²) in [5.41, 5.74) is 0.817. The summed E-state index contributed by atoms with van der Waals surface area (Å²) in [6.07, 6.45) is 5.93. The Morgan fingerprint density at radius 1 is 1.38 bits per heavy atom. The molecule has 1 aromatic rings. The van der Waals surface area contributed by atoms with Gasteiger partial charge in [-0.15, -0.1) is 0 Å². The molecular weight excluding hydrogens is 268 g/mol. The van der Waals surface area contributed by atoms with Gasteiger partial charge in [0, 0.05) is 23.9 Å². The van der Waals surface area contributed by atoms with Gasteiger partial charge in [-0.25, -0.2) is 0 Å². The van der Waals surface area contributed by atoms with Crippen LogP contribution in [0, 0.1) is 12.8 Å². The minimum atomic E-state index is -0.259. The summed E-state index contributed by atoms with van der Waals surface area (Å²) in [5, 5.41) is 12.7. The number of pyridine rings is 1. The maximum absolute atomic E-state index is 12.0. The second-order valence-corrected chi connectivity index (χ2v) is 5.93. The van der Waals surface area contributed by atoms with Crippen LogP contribution < -0.4 is 10.9 Å². The number of hydrogen-bond acceptors (Lipinski definition) is 3. The molecule has 0 spiro atoms. The quantitative estimate of drug-likeness (QED) is 0.723. The third-order valence-electron chi connectivity index (χ3n) is 4.15. The van der Waals surface area contributed by atoms with Crippen LogP contribution in [0.15, 0.2) is 16.9 Å². The lowest BCUT2D eigenvalue weighted by atomic mass is 9.83. The third kappa shape index (κ3) is 4.70. The van der Waals surface area contributed by atoms with E-state index < -0.39 is 0 Å². The highest BCUT2D eigenvalue weighted by Gasteiger charge is 2.22. The molecule has 3 N–H and O–H groups in total. The maximum atomic E-state index is 12.0. The van der Waals surface area contributed by atoms with Gasteiger partial charge in [-0.05, 0) is 44.6 Å². The Hall–Kier alpha value is -1.62. The summed E-state index contributed by atoms with van der Waals surface area (Å²) < 4.78 is 0. The number of rotatable bonds is 5. The van der Waals surface area contributed by atoms with Crippen LogP contribution in [0.3, 0.4) is 0 Å². The summed E-state index contributed by atoms with van der Waals surface area (Å²) in [7, 11) is 0. The van der Waals surface area contributed by atoms with Gasteiger partial charge in [0.1, 0.15) is 0 Å². The molecule has 1 fully saturated rings. The van der Waals surface area contributed by atoms with E-state index in [1.54, 1.807) is 13.0 Å². The van der Waals surface area contributed by atoms with Crippen molar-refractivity contribution in [1.82, 2.24) is 10.3 Å². The Morgan fingerprint density at radius 3 is 2.86 bits per heavy atom. The zero-order valence-electron chi connectivity index (χ0n) is 12.5. The standard InChI is InChI=1S/C16H24N2O3/c1-11-9-13(10-15(20)18-11)16(21)17-8-4-6-12-5-2-3-7-14(12)19/h9-10,12,14,19H,2-8H2,1H3,(H,17,21)(H,18,20). The van der Waals surface area contributed by atoms with E-state index in [0.29, 0.717) is 23.7 Å². The van der Waals surface area contributed by atoms with Crippen LogP contribution in [0.1, 0.15) is 54.6 Å². The van der Waals surface area contributed by atoms with E-state index in [2.05, 4.69) is 10.3 Å². The van der Waals surface area contributed by atoms with Crippen molar-refractivity contribution < 1.29 is 9.90 Å². The number of aryl methyl sites for hydroxylation is 1. The number of aromatic amines is 1. The Balaban J connectivity index is 1.75. The van der Waals surface area contributed by atoms with Crippen LogP contribution in [0.25, 0.3) is 0 Å². The first-order valence-electron chi connectivity index (χ1n) is 7.73. The Kier molecular flexibility index (Phi) is 5.56. The van der Waals surface area contributed by atoms with Crippen molar-refractivity contribution in [2.75, 3.05) is 6.54 Å². The predicted molar refractivity (Wildman–Crippen MR) is 81.3 cm³/mol. The van der Waals surface area contributed by atoms with Crippen molar-refractivity contribution in [3.63, 3.8) is 0 Å². The fraction of sp³-hybridized carbons (Fsp3) is 0.625. The van der Waals surface area contributed by atoms with Gasteiger partial charge < -0.3 is 15.4 Å². The molecule has 1 amide bonds. The molecule has 1 saturated carbocycles. The summed E-state index contributed by atoms with van der Waals surface area (Å²) in [4.78, 5) is 25.9. The molecule has 0 aliphatic heterocycles. The van der Waals surface area contributed by atoms with E-state index in [1.807, 2.05) is 0 Å². The number of hydrogen-bond donors (Lipinski definition) is 3. The highest BCUT2D eigenvalue weighted by Crippen LogP contribution is 2.27. The number of carbonyl (C=O) groups excluding carboxylic acids is 1. The van der Waals surface area contributed by atoms with Gasteiger partial charge in [0.25, 0.3) is 5.91 Å². The van der Waals surface area contributed by atoms with Crippen LogP contribution in [-0.2, 0) is 0 Å². The molecule has 1 heterocycles. The number of amides is 1. The second kappa shape index (κ2) is 7.41. The zero-order chi connectivity index (χ0) is 15.2. The van der Waals surface area contributed by atoms with Gasteiger partial charge >= 0.3 is 0 Å². The molecular formula is C16H24N2O3. The molecule has 0 bridgehead atoms. The van der Waals surface area contributed by atoms with Crippen molar-refractivity contribution in [3.8, 4) is 0 Å².